The monoisotopic (exact) mass is 304 g/mol. The van der Waals surface area contributed by atoms with Crippen molar-refractivity contribution < 1.29 is 14.3 Å². The first-order valence-corrected chi connectivity index (χ1v) is 4.94. The van der Waals surface area contributed by atoms with E-state index in [4.69, 9.17) is 0 Å². The van der Waals surface area contributed by atoms with Crippen LogP contribution in [0.4, 0.5) is 0 Å². The molecule has 0 aliphatic carbocycles. The highest BCUT2D eigenvalue weighted by atomic mass is 79.9. The molecule has 3 nitrogen and oxygen atoms in total. The number of carbonyl (C=O) groups is 2. The standard InChI is InChI=1S/C8H2Br2O3/c9-3-1-2-4(10)6-5(3)7(11)13-8(6)12/h1-2H. The number of rotatable bonds is 0. The van der Waals surface area contributed by atoms with E-state index in [-0.39, 0.29) is 0 Å². The molecule has 1 heterocycles. The van der Waals surface area contributed by atoms with E-state index >= 15 is 0 Å². The van der Waals surface area contributed by atoms with Gasteiger partial charge in [-0.3, -0.25) is 0 Å². The number of halogens is 2. The van der Waals surface area contributed by atoms with Crippen molar-refractivity contribution in [3.63, 3.8) is 0 Å². The van der Waals surface area contributed by atoms with E-state index in [2.05, 4.69) is 36.6 Å². The van der Waals surface area contributed by atoms with Crippen molar-refractivity contribution in [1.82, 2.24) is 0 Å². The maximum atomic E-state index is 11.2. The minimum absolute atomic E-state index is 0.291. The largest absolute Gasteiger partial charge is 0.386 e. The number of hydrogen-bond acceptors (Lipinski definition) is 3. The number of ether oxygens (including phenoxy) is 1. The average Bonchev–Trinajstić information content (AvgIpc) is 2.36. The van der Waals surface area contributed by atoms with Crippen molar-refractivity contribution in [2.45, 2.75) is 0 Å². The van der Waals surface area contributed by atoms with Crippen molar-refractivity contribution in [2.24, 2.45) is 0 Å². The van der Waals surface area contributed by atoms with E-state index in [0.29, 0.717) is 20.1 Å². The van der Waals surface area contributed by atoms with E-state index in [1.807, 2.05) is 0 Å². The molecular formula is C8H2Br2O3. The molecule has 0 bridgehead atoms. The lowest BCUT2D eigenvalue weighted by molar-refractivity contribution is 0.0443. The van der Waals surface area contributed by atoms with Crippen LogP contribution in [0.15, 0.2) is 21.1 Å². The van der Waals surface area contributed by atoms with Gasteiger partial charge in [-0.05, 0) is 44.0 Å². The van der Waals surface area contributed by atoms with E-state index in [9.17, 15) is 9.59 Å². The summed E-state index contributed by atoms with van der Waals surface area (Å²) in [5.74, 6) is -1.21. The summed E-state index contributed by atoms with van der Waals surface area (Å²) in [4.78, 5) is 22.3. The van der Waals surface area contributed by atoms with Crippen LogP contribution < -0.4 is 0 Å². The Morgan fingerprint density at radius 1 is 0.923 bits per heavy atom. The Hall–Kier alpha value is -0.680. The summed E-state index contributed by atoms with van der Waals surface area (Å²) in [6, 6.07) is 3.37. The van der Waals surface area contributed by atoms with Gasteiger partial charge in [-0.2, -0.15) is 0 Å². The van der Waals surface area contributed by atoms with Crippen molar-refractivity contribution >= 4 is 43.8 Å². The van der Waals surface area contributed by atoms with Gasteiger partial charge in [-0.15, -0.1) is 0 Å². The lowest BCUT2D eigenvalue weighted by Crippen LogP contribution is -1.97. The zero-order chi connectivity index (χ0) is 9.59. The average molecular weight is 306 g/mol. The van der Waals surface area contributed by atoms with Gasteiger partial charge < -0.3 is 4.74 Å². The molecule has 0 aromatic heterocycles. The van der Waals surface area contributed by atoms with Crippen molar-refractivity contribution in [3.05, 3.63) is 32.2 Å². The summed E-state index contributed by atoms with van der Waals surface area (Å²) < 4.78 is 5.60. The maximum absolute atomic E-state index is 11.2. The molecule has 0 N–H and O–H groups in total. The molecule has 0 spiro atoms. The summed E-state index contributed by atoms with van der Waals surface area (Å²) in [6.07, 6.45) is 0. The van der Waals surface area contributed by atoms with Crippen LogP contribution in [0, 0.1) is 0 Å². The third kappa shape index (κ3) is 1.23. The molecule has 0 saturated carbocycles. The van der Waals surface area contributed by atoms with Gasteiger partial charge in [0.25, 0.3) is 0 Å². The molecule has 0 radical (unpaired) electrons. The smallest absolute Gasteiger partial charge is 0.348 e. The minimum atomic E-state index is -0.604. The fourth-order valence-corrected chi connectivity index (χ4v) is 2.12. The Kier molecular flexibility index (Phi) is 2.00. The third-order valence-corrected chi connectivity index (χ3v) is 3.02. The van der Waals surface area contributed by atoms with Crippen LogP contribution in [0.5, 0.6) is 0 Å². The van der Waals surface area contributed by atoms with Crippen molar-refractivity contribution in [2.75, 3.05) is 0 Å². The van der Waals surface area contributed by atoms with Crippen LogP contribution in [0.3, 0.4) is 0 Å². The first kappa shape index (κ1) is 8.90. The highest BCUT2D eigenvalue weighted by Gasteiger charge is 2.33. The van der Waals surface area contributed by atoms with Gasteiger partial charge in [0.15, 0.2) is 0 Å². The number of fused-ring (bicyclic) bond motifs is 1. The van der Waals surface area contributed by atoms with Crippen molar-refractivity contribution in [3.8, 4) is 0 Å². The van der Waals surface area contributed by atoms with Crippen LogP contribution >= 0.6 is 31.9 Å². The predicted molar refractivity (Wildman–Crippen MR) is 51.6 cm³/mol. The predicted octanol–water partition coefficient (Wildman–Crippen LogP) is 2.52. The van der Waals surface area contributed by atoms with Crippen molar-refractivity contribution in [1.29, 1.82) is 0 Å². The summed E-state index contributed by atoms with van der Waals surface area (Å²) >= 11 is 6.35. The van der Waals surface area contributed by atoms with Gasteiger partial charge in [-0.1, -0.05) is 0 Å². The molecule has 0 unspecified atom stereocenters. The Morgan fingerprint density at radius 2 is 1.31 bits per heavy atom. The van der Waals surface area contributed by atoms with E-state index in [1.165, 1.54) is 0 Å². The highest BCUT2D eigenvalue weighted by Crippen LogP contribution is 2.32. The molecule has 2 rings (SSSR count). The van der Waals surface area contributed by atoms with Gasteiger partial charge >= 0.3 is 11.9 Å². The third-order valence-electron chi connectivity index (χ3n) is 1.70. The van der Waals surface area contributed by atoms with Crippen LogP contribution in [-0.2, 0) is 4.74 Å². The van der Waals surface area contributed by atoms with Gasteiger partial charge in [0.2, 0.25) is 0 Å². The van der Waals surface area contributed by atoms with E-state index in [0.717, 1.165) is 0 Å². The SMILES string of the molecule is O=C1OC(=O)c2c(Br)ccc(Br)c21. The molecule has 1 aromatic rings. The fourth-order valence-electron chi connectivity index (χ4n) is 1.14. The quantitative estimate of drug-likeness (QED) is 0.546. The molecule has 13 heavy (non-hydrogen) atoms. The lowest BCUT2D eigenvalue weighted by atomic mass is 10.1. The second-order valence-electron chi connectivity index (χ2n) is 2.46. The second kappa shape index (κ2) is 2.92. The van der Waals surface area contributed by atoms with E-state index in [1.54, 1.807) is 12.1 Å². The molecule has 1 aliphatic rings. The Bertz CT molecular complexity index is 387. The molecule has 1 aliphatic heterocycles. The summed E-state index contributed by atoms with van der Waals surface area (Å²) in [5, 5.41) is 0. The fraction of sp³-hybridized carbons (Fsp3) is 0. The second-order valence-corrected chi connectivity index (χ2v) is 4.16. The molecule has 0 amide bonds. The van der Waals surface area contributed by atoms with E-state index < -0.39 is 11.9 Å². The van der Waals surface area contributed by atoms with Crippen LogP contribution in [0.2, 0.25) is 0 Å². The normalized spacial score (nSPS) is 14.3. The number of hydrogen-bond donors (Lipinski definition) is 0. The zero-order valence-electron chi connectivity index (χ0n) is 6.14. The van der Waals surface area contributed by atoms with Crippen LogP contribution in [0.25, 0.3) is 0 Å². The Labute approximate surface area is 90.3 Å². The summed E-state index contributed by atoms with van der Waals surface area (Å²) in [5.41, 5.74) is 0.582. The molecular weight excluding hydrogens is 304 g/mol. The Morgan fingerprint density at radius 3 is 1.69 bits per heavy atom. The molecule has 0 atom stereocenters. The molecule has 0 saturated heterocycles. The first-order chi connectivity index (χ1) is 6.11. The highest BCUT2D eigenvalue weighted by molar-refractivity contribution is 9.11. The first-order valence-electron chi connectivity index (χ1n) is 3.36. The maximum Gasteiger partial charge on any atom is 0.348 e. The number of cyclic esters (lactones) is 2. The zero-order valence-corrected chi connectivity index (χ0v) is 9.31. The number of esters is 2. The molecule has 66 valence electrons. The molecule has 1 aromatic carbocycles. The van der Waals surface area contributed by atoms with Gasteiger partial charge in [0, 0.05) is 8.95 Å². The van der Waals surface area contributed by atoms with Crippen LogP contribution in [0.1, 0.15) is 20.7 Å². The summed E-state index contributed by atoms with van der Waals surface area (Å²) in [7, 11) is 0. The number of carbonyl (C=O) groups excluding carboxylic acids is 2. The summed E-state index contributed by atoms with van der Waals surface area (Å²) in [6.45, 7) is 0. The minimum Gasteiger partial charge on any atom is -0.386 e. The number of benzene rings is 1. The molecule has 0 fully saturated rings. The van der Waals surface area contributed by atoms with Gasteiger partial charge in [0.1, 0.15) is 0 Å². The van der Waals surface area contributed by atoms with Crippen LogP contribution in [-0.4, -0.2) is 11.9 Å². The van der Waals surface area contributed by atoms with Gasteiger partial charge in [-0.25, -0.2) is 9.59 Å². The Balaban J connectivity index is 2.81. The van der Waals surface area contributed by atoms with Gasteiger partial charge in [0.05, 0.1) is 11.1 Å². The lowest BCUT2D eigenvalue weighted by Gasteiger charge is -1.97. The molecule has 5 heteroatoms. The topological polar surface area (TPSA) is 43.4 Å².